The van der Waals surface area contributed by atoms with Gasteiger partial charge in [-0.2, -0.15) is 4.31 Å². The van der Waals surface area contributed by atoms with E-state index in [1.165, 1.54) is 22.5 Å². The Hall–Kier alpha value is -3.09. The molecule has 32 heavy (non-hydrogen) atoms. The number of hydrogen-bond donors (Lipinski definition) is 1. The summed E-state index contributed by atoms with van der Waals surface area (Å²) in [7, 11) is -4.06. The Morgan fingerprint density at radius 3 is 2.81 bits per heavy atom. The van der Waals surface area contributed by atoms with Crippen LogP contribution in [0.15, 0.2) is 47.4 Å². The molecule has 1 atom stereocenters. The second kappa shape index (κ2) is 8.11. The molecule has 3 aromatic rings. The van der Waals surface area contributed by atoms with E-state index < -0.39 is 27.8 Å². The first-order valence-corrected chi connectivity index (χ1v) is 12.0. The number of benzene rings is 2. The van der Waals surface area contributed by atoms with Gasteiger partial charge in [-0.3, -0.25) is 4.79 Å². The molecule has 1 N–H and O–H groups in total. The van der Waals surface area contributed by atoms with Crippen molar-refractivity contribution in [2.45, 2.75) is 23.8 Å². The molecule has 1 fully saturated rings. The standard InChI is InChI=1S/C20H17FN4O5S2/c21-13-4-1-2-6-17(13)32(27,28)25-9-3-5-14(25)19-23-24-20(31-19)18(26)22-12-7-8-15-16(10-12)30-11-29-15/h1-2,4,6-8,10,14H,3,5,9,11H2,(H,22,26)/t14-/m0/s1. The monoisotopic (exact) mass is 476 g/mol. The van der Waals surface area contributed by atoms with Crippen molar-refractivity contribution in [1.82, 2.24) is 14.5 Å². The molecule has 1 saturated heterocycles. The largest absolute Gasteiger partial charge is 0.454 e. The highest BCUT2D eigenvalue weighted by molar-refractivity contribution is 7.89. The Morgan fingerprint density at radius 1 is 1.16 bits per heavy atom. The molecular formula is C20H17FN4O5S2. The third-order valence-electron chi connectivity index (χ3n) is 5.18. The predicted octanol–water partition coefficient (Wildman–Crippen LogP) is 3.18. The Labute approximate surface area is 186 Å². The Balaban J connectivity index is 1.35. The summed E-state index contributed by atoms with van der Waals surface area (Å²) in [5.74, 6) is -0.160. The van der Waals surface area contributed by atoms with Crippen molar-refractivity contribution >= 4 is 33.0 Å². The molecule has 0 bridgehead atoms. The second-order valence-electron chi connectivity index (χ2n) is 7.17. The molecule has 2 aliphatic rings. The first-order valence-electron chi connectivity index (χ1n) is 9.74. The number of sulfonamides is 1. The summed E-state index contributed by atoms with van der Waals surface area (Å²) in [6, 6.07) is 9.66. The molecular weight excluding hydrogens is 459 g/mol. The quantitative estimate of drug-likeness (QED) is 0.602. The molecule has 3 heterocycles. The number of nitrogens with one attached hydrogen (secondary N) is 1. The molecule has 12 heteroatoms. The summed E-state index contributed by atoms with van der Waals surface area (Å²) < 4.78 is 52.1. The molecule has 166 valence electrons. The van der Waals surface area contributed by atoms with Gasteiger partial charge in [0, 0.05) is 18.3 Å². The Morgan fingerprint density at radius 2 is 1.97 bits per heavy atom. The fourth-order valence-corrected chi connectivity index (χ4v) is 6.36. The summed E-state index contributed by atoms with van der Waals surface area (Å²) in [5, 5.41) is 11.2. The summed E-state index contributed by atoms with van der Waals surface area (Å²) in [6.07, 6.45) is 1.10. The lowest BCUT2D eigenvalue weighted by molar-refractivity contribution is 0.102. The maximum Gasteiger partial charge on any atom is 0.286 e. The van der Waals surface area contributed by atoms with Crippen molar-refractivity contribution in [3.8, 4) is 11.5 Å². The van der Waals surface area contributed by atoms with Gasteiger partial charge in [-0.05, 0) is 37.1 Å². The van der Waals surface area contributed by atoms with E-state index in [4.69, 9.17) is 9.47 Å². The van der Waals surface area contributed by atoms with Crippen molar-refractivity contribution in [1.29, 1.82) is 0 Å². The lowest BCUT2D eigenvalue weighted by atomic mass is 10.2. The van der Waals surface area contributed by atoms with Crippen LogP contribution in [0, 0.1) is 5.82 Å². The van der Waals surface area contributed by atoms with Crippen LogP contribution < -0.4 is 14.8 Å². The van der Waals surface area contributed by atoms with Crippen LogP contribution in [-0.2, 0) is 10.0 Å². The Kier molecular flexibility index (Phi) is 5.27. The number of hydrogen-bond acceptors (Lipinski definition) is 8. The van der Waals surface area contributed by atoms with Crippen LogP contribution in [0.4, 0.5) is 10.1 Å². The third kappa shape index (κ3) is 3.70. The summed E-state index contributed by atoms with van der Waals surface area (Å²) in [4.78, 5) is 12.3. The number of ether oxygens (including phenoxy) is 2. The highest BCUT2D eigenvalue weighted by atomic mass is 32.2. The SMILES string of the molecule is O=C(Nc1ccc2c(c1)OCO2)c1nnc([C@@H]2CCCN2S(=O)(=O)c2ccccc2F)s1. The van der Waals surface area contributed by atoms with Gasteiger partial charge < -0.3 is 14.8 Å². The number of anilines is 1. The number of rotatable bonds is 5. The van der Waals surface area contributed by atoms with Crippen molar-refractivity contribution < 1.29 is 27.1 Å². The zero-order chi connectivity index (χ0) is 22.3. The van der Waals surface area contributed by atoms with E-state index >= 15 is 0 Å². The average Bonchev–Trinajstić information content (AvgIpc) is 3.53. The minimum atomic E-state index is -4.06. The summed E-state index contributed by atoms with van der Waals surface area (Å²) in [5.41, 5.74) is 0.501. The van der Waals surface area contributed by atoms with Gasteiger partial charge in [-0.15, -0.1) is 10.2 Å². The maximum atomic E-state index is 14.2. The lowest BCUT2D eigenvalue weighted by Gasteiger charge is -2.22. The van der Waals surface area contributed by atoms with E-state index in [0.717, 1.165) is 17.4 Å². The van der Waals surface area contributed by atoms with Crippen LogP contribution in [0.2, 0.25) is 0 Å². The molecule has 0 unspecified atom stereocenters. The summed E-state index contributed by atoms with van der Waals surface area (Å²) >= 11 is 1.01. The van der Waals surface area contributed by atoms with Crippen LogP contribution in [0.1, 0.15) is 33.7 Å². The van der Waals surface area contributed by atoms with Gasteiger partial charge in [-0.1, -0.05) is 23.5 Å². The number of carbonyl (C=O) groups excluding carboxylic acids is 1. The number of amides is 1. The van der Waals surface area contributed by atoms with Crippen LogP contribution in [0.3, 0.4) is 0 Å². The van der Waals surface area contributed by atoms with E-state index in [1.807, 2.05) is 0 Å². The molecule has 1 amide bonds. The molecule has 5 rings (SSSR count). The number of halogens is 1. The average molecular weight is 477 g/mol. The van der Waals surface area contributed by atoms with Crippen molar-refractivity contribution in [2.75, 3.05) is 18.7 Å². The van der Waals surface area contributed by atoms with E-state index in [1.54, 1.807) is 18.2 Å². The first kappa shape index (κ1) is 20.8. The smallest absolute Gasteiger partial charge is 0.286 e. The normalized spacial score (nSPS) is 18.1. The molecule has 2 aromatic carbocycles. The molecule has 0 saturated carbocycles. The number of aromatic nitrogens is 2. The second-order valence-corrected chi connectivity index (χ2v) is 10.0. The molecule has 9 nitrogen and oxygen atoms in total. The van der Waals surface area contributed by atoms with Crippen molar-refractivity contribution in [2.24, 2.45) is 0 Å². The summed E-state index contributed by atoms with van der Waals surface area (Å²) in [6.45, 7) is 0.361. The molecule has 2 aliphatic heterocycles. The van der Waals surface area contributed by atoms with Crippen LogP contribution >= 0.6 is 11.3 Å². The zero-order valence-corrected chi connectivity index (χ0v) is 18.2. The van der Waals surface area contributed by atoms with Gasteiger partial charge in [-0.25, -0.2) is 12.8 Å². The van der Waals surface area contributed by atoms with E-state index in [2.05, 4.69) is 15.5 Å². The van der Waals surface area contributed by atoms with E-state index in [0.29, 0.717) is 35.0 Å². The van der Waals surface area contributed by atoms with Crippen LogP contribution in [0.25, 0.3) is 0 Å². The number of nitrogens with zero attached hydrogens (tertiary/aromatic N) is 3. The van der Waals surface area contributed by atoms with Gasteiger partial charge in [0.1, 0.15) is 15.7 Å². The minimum absolute atomic E-state index is 0.0906. The lowest BCUT2D eigenvalue weighted by Crippen LogP contribution is -2.31. The van der Waals surface area contributed by atoms with Crippen LogP contribution in [0.5, 0.6) is 11.5 Å². The van der Waals surface area contributed by atoms with Gasteiger partial charge >= 0.3 is 0 Å². The molecule has 0 radical (unpaired) electrons. The highest BCUT2D eigenvalue weighted by Crippen LogP contribution is 2.38. The fraction of sp³-hybridized carbons (Fsp3) is 0.250. The predicted molar refractivity (Wildman–Crippen MR) is 113 cm³/mol. The van der Waals surface area contributed by atoms with Crippen LogP contribution in [-0.4, -0.2) is 42.2 Å². The topological polar surface area (TPSA) is 111 Å². The van der Waals surface area contributed by atoms with Crippen molar-refractivity contribution in [3.05, 3.63) is 58.3 Å². The Bertz CT molecular complexity index is 1300. The molecule has 0 spiro atoms. The van der Waals surface area contributed by atoms with Gasteiger partial charge in [0.15, 0.2) is 11.5 Å². The van der Waals surface area contributed by atoms with E-state index in [-0.39, 0.29) is 23.2 Å². The van der Waals surface area contributed by atoms with Gasteiger partial charge in [0.05, 0.1) is 6.04 Å². The minimum Gasteiger partial charge on any atom is -0.454 e. The highest BCUT2D eigenvalue weighted by Gasteiger charge is 2.39. The number of fused-ring (bicyclic) bond motifs is 1. The van der Waals surface area contributed by atoms with Crippen molar-refractivity contribution in [3.63, 3.8) is 0 Å². The number of carbonyl (C=O) groups is 1. The zero-order valence-electron chi connectivity index (χ0n) is 16.5. The third-order valence-corrected chi connectivity index (χ3v) is 8.14. The van der Waals surface area contributed by atoms with Gasteiger partial charge in [0.25, 0.3) is 5.91 Å². The van der Waals surface area contributed by atoms with Gasteiger partial charge in [0.2, 0.25) is 21.8 Å². The fourth-order valence-electron chi connectivity index (χ4n) is 3.67. The molecule has 0 aliphatic carbocycles. The van der Waals surface area contributed by atoms with E-state index in [9.17, 15) is 17.6 Å². The maximum absolute atomic E-state index is 14.2. The first-order chi connectivity index (χ1) is 15.4. The molecule has 1 aromatic heterocycles.